The minimum atomic E-state index is -2.94. The van der Waals surface area contributed by atoms with Crippen LogP contribution in [0.3, 0.4) is 0 Å². The van der Waals surface area contributed by atoms with E-state index in [0.717, 1.165) is 29.3 Å². The Balaban J connectivity index is 1.63. The molecule has 1 aromatic heterocycles. The quantitative estimate of drug-likeness (QED) is 0.434. The van der Waals surface area contributed by atoms with Crippen molar-refractivity contribution in [3.05, 3.63) is 59.3 Å². The third-order valence-corrected chi connectivity index (χ3v) is 5.57. The molecule has 1 aliphatic rings. The number of rotatable bonds is 9. The molecule has 0 bridgehead atoms. The average molecular weight is 456 g/mol. The molecule has 1 fully saturated rings. The van der Waals surface area contributed by atoms with Crippen molar-refractivity contribution in [3.63, 3.8) is 0 Å². The van der Waals surface area contributed by atoms with Crippen LogP contribution in [0.2, 0.25) is 0 Å². The number of amides is 1. The summed E-state index contributed by atoms with van der Waals surface area (Å²) < 4.78 is 40.8. The molecule has 0 N–H and O–H groups in total. The number of fused-ring (bicyclic) bond motifs is 1. The van der Waals surface area contributed by atoms with Gasteiger partial charge >= 0.3 is 6.61 Å². The fourth-order valence-electron chi connectivity index (χ4n) is 3.81. The first kappa shape index (κ1) is 22.8. The van der Waals surface area contributed by atoms with E-state index in [0.29, 0.717) is 30.2 Å². The van der Waals surface area contributed by atoms with E-state index >= 15 is 0 Å². The molecule has 6 nitrogen and oxygen atoms in total. The van der Waals surface area contributed by atoms with Crippen LogP contribution in [0.25, 0.3) is 10.9 Å². The molecule has 2 aromatic carbocycles. The van der Waals surface area contributed by atoms with Crippen LogP contribution >= 0.6 is 0 Å². The van der Waals surface area contributed by atoms with Crippen molar-refractivity contribution >= 4 is 16.8 Å². The number of methoxy groups -OCH3 is 1. The molecular weight excluding hydrogens is 430 g/mol. The van der Waals surface area contributed by atoms with Crippen molar-refractivity contribution in [3.8, 4) is 17.2 Å². The van der Waals surface area contributed by atoms with Gasteiger partial charge in [-0.15, -0.1) is 0 Å². The molecule has 174 valence electrons. The second-order valence-electron chi connectivity index (χ2n) is 7.94. The van der Waals surface area contributed by atoms with Crippen LogP contribution in [0, 0.1) is 6.92 Å². The van der Waals surface area contributed by atoms with E-state index < -0.39 is 6.61 Å². The number of carbonyl (C=O) groups excluding carboxylic acids is 1. The van der Waals surface area contributed by atoms with E-state index in [4.69, 9.17) is 9.47 Å². The van der Waals surface area contributed by atoms with Crippen LogP contribution in [-0.4, -0.2) is 42.2 Å². The fourth-order valence-corrected chi connectivity index (χ4v) is 3.81. The highest BCUT2D eigenvalue weighted by Gasteiger charge is 2.34. The summed E-state index contributed by atoms with van der Waals surface area (Å²) >= 11 is 0. The summed E-state index contributed by atoms with van der Waals surface area (Å²) in [5.74, 6) is 0.788. The molecule has 0 aliphatic heterocycles. The Bertz CT molecular complexity index is 1160. The smallest absolute Gasteiger partial charge is 0.387 e. The van der Waals surface area contributed by atoms with Crippen LogP contribution in [0.5, 0.6) is 17.2 Å². The highest BCUT2D eigenvalue weighted by molar-refractivity contribution is 5.99. The van der Waals surface area contributed by atoms with Gasteiger partial charge in [-0.05, 0) is 68.7 Å². The molecule has 1 heterocycles. The lowest BCUT2D eigenvalue weighted by molar-refractivity contribution is -0.0514. The van der Waals surface area contributed by atoms with Crippen molar-refractivity contribution in [2.45, 2.75) is 45.9 Å². The second kappa shape index (κ2) is 9.60. The molecule has 0 saturated heterocycles. The Kier molecular flexibility index (Phi) is 6.62. The number of halogens is 2. The maximum Gasteiger partial charge on any atom is 0.387 e. The van der Waals surface area contributed by atoms with Gasteiger partial charge in [-0.1, -0.05) is 6.07 Å². The maximum absolute atomic E-state index is 13.6. The van der Waals surface area contributed by atoms with E-state index in [1.807, 2.05) is 36.1 Å². The number of aromatic nitrogens is 1. The van der Waals surface area contributed by atoms with Crippen molar-refractivity contribution < 1.29 is 27.8 Å². The van der Waals surface area contributed by atoms with Gasteiger partial charge < -0.3 is 19.1 Å². The van der Waals surface area contributed by atoms with Gasteiger partial charge in [0.05, 0.1) is 30.5 Å². The topological polar surface area (TPSA) is 60.9 Å². The summed E-state index contributed by atoms with van der Waals surface area (Å²) in [6.45, 7) is 1.28. The monoisotopic (exact) mass is 456 g/mol. The normalized spacial score (nSPS) is 13.3. The molecule has 3 aromatic rings. The minimum absolute atomic E-state index is 0.0246. The number of hydrogen-bond donors (Lipinski definition) is 0. The number of ether oxygens (including phenoxy) is 3. The first-order valence-corrected chi connectivity index (χ1v) is 10.9. The summed E-state index contributed by atoms with van der Waals surface area (Å²) in [5, 5.41) is 0.825. The Morgan fingerprint density at radius 1 is 1.15 bits per heavy atom. The fraction of sp³-hybridized carbons (Fsp3) is 0.360. The highest BCUT2D eigenvalue weighted by Crippen LogP contribution is 2.34. The molecule has 4 rings (SSSR count). The molecule has 8 heteroatoms. The van der Waals surface area contributed by atoms with Gasteiger partial charge in [0.2, 0.25) is 0 Å². The predicted molar refractivity (Wildman–Crippen MR) is 120 cm³/mol. The zero-order chi connectivity index (χ0) is 23.5. The van der Waals surface area contributed by atoms with Crippen LogP contribution in [0.1, 0.15) is 41.4 Å². The molecule has 0 radical (unpaired) electrons. The highest BCUT2D eigenvalue weighted by atomic mass is 19.3. The van der Waals surface area contributed by atoms with Crippen LogP contribution in [0.15, 0.2) is 42.5 Å². The zero-order valence-corrected chi connectivity index (χ0v) is 18.8. The third-order valence-electron chi connectivity index (χ3n) is 5.57. The molecular formula is C25H26F2N2O4. The number of carbonyl (C=O) groups is 1. The number of aryl methyl sites for hydroxylation is 1. The third kappa shape index (κ3) is 5.16. The summed E-state index contributed by atoms with van der Waals surface area (Å²) in [4.78, 5) is 20.0. The number of pyridine rings is 1. The lowest BCUT2D eigenvalue weighted by Crippen LogP contribution is -2.33. The van der Waals surface area contributed by atoms with Gasteiger partial charge in [0.15, 0.2) is 11.5 Å². The number of benzene rings is 2. The van der Waals surface area contributed by atoms with E-state index in [1.54, 1.807) is 26.2 Å². The number of alkyl halides is 2. The molecule has 0 spiro atoms. The molecule has 1 saturated carbocycles. The van der Waals surface area contributed by atoms with E-state index in [9.17, 15) is 13.6 Å². The average Bonchev–Trinajstić information content (AvgIpc) is 3.63. The Labute approximate surface area is 191 Å². The standard InChI is InChI=1S/C25H26F2N2O4/c1-4-32-23-11-16(5-10-22(23)33-25(26)27)14-29(18-6-7-18)24(30)20-13-17-12-19(31-3)8-9-21(17)28-15(20)2/h5,8-13,18,25H,4,6-7,14H2,1-3H3. The summed E-state index contributed by atoms with van der Waals surface area (Å²) in [6, 6.07) is 12.3. The van der Waals surface area contributed by atoms with Crippen molar-refractivity contribution in [2.24, 2.45) is 0 Å². The summed E-state index contributed by atoms with van der Waals surface area (Å²) in [6.07, 6.45) is 1.84. The number of hydrogen-bond acceptors (Lipinski definition) is 5. The van der Waals surface area contributed by atoms with E-state index in [2.05, 4.69) is 9.72 Å². The lowest BCUT2D eigenvalue weighted by atomic mass is 10.1. The summed E-state index contributed by atoms with van der Waals surface area (Å²) in [7, 11) is 1.60. The van der Waals surface area contributed by atoms with Crippen molar-refractivity contribution in [1.82, 2.24) is 9.88 Å². The van der Waals surface area contributed by atoms with Crippen LogP contribution in [0.4, 0.5) is 8.78 Å². The first-order valence-electron chi connectivity index (χ1n) is 10.9. The largest absolute Gasteiger partial charge is 0.497 e. The van der Waals surface area contributed by atoms with Gasteiger partial charge in [0.25, 0.3) is 5.91 Å². The SMILES string of the molecule is CCOc1cc(CN(C(=O)c2cc3cc(OC)ccc3nc2C)C2CC2)ccc1OC(F)F. The van der Waals surface area contributed by atoms with E-state index in [-0.39, 0.29) is 23.4 Å². The minimum Gasteiger partial charge on any atom is -0.497 e. The molecule has 1 aliphatic carbocycles. The Morgan fingerprint density at radius 3 is 2.61 bits per heavy atom. The predicted octanol–water partition coefficient (Wildman–Crippen LogP) is 5.36. The summed E-state index contributed by atoms with van der Waals surface area (Å²) in [5.41, 5.74) is 2.75. The van der Waals surface area contributed by atoms with Gasteiger partial charge in [0.1, 0.15) is 5.75 Å². The van der Waals surface area contributed by atoms with Gasteiger partial charge in [-0.2, -0.15) is 8.78 Å². The number of nitrogens with zero attached hydrogens (tertiary/aromatic N) is 2. The van der Waals surface area contributed by atoms with Crippen LogP contribution in [-0.2, 0) is 6.54 Å². The van der Waals surface area contributed by atoms with Gasteiger partial charge in [-0.25, -0.2) is 0 Å². The van der Waals surface area contributed by atoms with Gasteiger partial charge in [0, 0.05) is 18.0 Å². The van der Waals surface area contributed by atoms with Gasteiger partial charge in [-0.3, -0.25) is 9.78 Å². The van der Waals surface area contributed by atoms with Crippen molar-refractivity contribution in [1.29, 1.82) is 0 Å². The molecule has 1 amide bonds. The van der Waals surface area contributed by atoms with E-state index in [1.165, 1.54) is 6.07 Å². The second-order valence-corrected chi connectivity index (χ2v) is 7.94. The van der Waals surface area contributed by atoms with Crippen LogP contribution < -0.4 is 14.2 Å². The Morgan fingerprint density at radius 2 is 1.94 bits per heavy atom. The molecule has 0 unspecified atom stereocenters. The maximum atomic E-state index is 13.6. The van der Waals surface area contributed by atoms with Crippen molar-refractivity contribution in [2.75, 3.05) is 13.7 Å². The first-order chi connectivity index (χ1) is 15.9. The zero-order valence-electron chi connectivity index (χ0n) is 18.8. The molecule has 0 atom stereocenters. The lowest BCUT2D eigenvalue weighted by Gasteiger charge is -2.24. The Hall–Kier alpha value is -3.42. The molecule has 33 heavy (non-hydrogen) atoms.